The van der Waals surface area contributed by atoms with Crippen LogP contribution in [0.15, 0.2) is 54.6 Å². The molecule has 0 aliphatic rings. The molecule has 1 atom stereocenters. The second-order valence-corrected chi connectivity index (χ2v) is 8.91. The number of ether oxygens (including phenoxy) is 1. The third-order valence-electron chi connectivity index (χ3n) is 4.04. The normalized spacial score (nSPS) is 12.2. The largest absolute Gasteiger partial charge is 0.484 e. The predicted octanol–water partition coefficient (Wildman–Crippen LogP) is 4.00. The number of nitrogens with zero attached hydrogens (tertiary/aromatic N) is 1. The third kappa shape index (κ3) is 7.14. The Labute approximate surface area is 180 Å². The van der Waals surface area contributed by atoms with Crippen LogP contribution in [-0.4, -0.2) is 34.9 Å². The molecule has 0 fully saturated rings. The van der Waals surface area contributed by atoms with Gasteiger partial charge < -0.3 is 15.0 Å². The molecule has 0 saturated carbocycles. The lowest BCUT2D eigenvalue weighted by molar-refractivity contribution is -0.142. The maximum Gasteiger partial charge on any atom is 0.261 e. The van der Waals surface area contributed by atoms with Gasteiger partial charge in [0.1, 0.15) is 11.8 Å². The highest BCUT2D eigenvalue weighted by Gasteiger charge is 2.28. The van der Waals surface area contributed by atoms with Crippen LogP contribution in [0, 0.1) is 3.57 Å². The summed E-state index contributed by atoms with van der Waals surface area (Å²) < 4.78 is 6.74. The van der Waals surface area contributed by atoms with Crippen LogP contribution in [0.2, 0.25) is 0 Å². The van der Waals surface area contributed by atoms with E-state index < -0.39 is 6.04 Å². The molecule has 28 heavy (non-hydrogen) atoms. The van der Waals surface area contributed by atoms with Crippen molar-refractivity contribution in [2.45, 2.75) is 45.8 Å². The predicted molar refractivity (Wildman–Crippen MR) is 119 cm³/mol. The Morgan fingerprint density at radius 3 is 2.25 bits per heavy atom. The highest BCUT2D eigenvalue weighted by atomic mass is 127. The van der Waals surface area contributed by atoms with Gasteiger partial charge in [-0.05, 0) is 80.1 Å². The first-order chi connectivity index (χ1) is 13.2. The number of hydrogen-bond acceptors (Lipinski definition) is 3. The lowest BCUT2D eigenvalue weighted by Crippen LogP contribution is -2.53. The first kappa shape index (κ1) is 22.2. The van der Waals surface area contributed by atoms with Crippen molar-refractivity contribution >= 4 is 34.4 Å². The zero-order valence-electron chi connectivity index (χ0n) is 16.7. The first-order valence-electron chi connectivity index (χ1n) is 9.19. The molecule has 6 heteroatoms. The van der Waals surface area contributed by atoms with Crippen molar-refractivity contribution < 1.29 is 14.3 Å². The Balaban J connectivity index is 2.12. The van der Waals surface area contributed by atoms with Gasteiger partial charge in [0, 0.05) is 15.7 Å². The minimum atomic E-state index is -0.618. The van der Waals surface area contributed by atoms with Crippen LogP contribution in [0.1, 0.15) is 33.3 Å². The molecule has 150 valence electrons. The molecule has 0 heterocycles. The number of amides is 2. The molecule has 2 aromatic carbocycles. The van der Waals surface area contributed by atoms with Crippen LogP contribution >= 0.6 is 22.6 Å². The molecule has 2 amide bonds. The van der Waals surface area contributed by atoms with E-state index in [1.807, 2.05) is 75.4 Å². The minimum Gasteiger partial charge on any atom is -0.484 e. The fourth-order valence-corrected chi connectivity index (χ4v) is 2.96. The molecule has 0 radical (unpaired) electrons. The maximum absolute atomic E-state index is 12.9. The standard InChI is InChI=1S/C22H27IN2O3/c1-16(21(27)24-22(2,3)4)25(14-17-8-6-5-7-9-17)20(26)15-28-19-12-10-18(23)11-13-19/h5-13,16H,14-15H2,1-4H3,(H,24,27)/t16-/m1/s1. The Morgan fingerprint density at radius 2 is 1.68 bits per heavy atom. The van der Waals surface area contributed by atoms with E-state index in [4.69, 9.17) is 4.74 Å². The lowest BCUT2D eigenvalue weighted by Gasteiger charge is -2.31. The fourth-order valence-electron chi connectivity index (χ4n) is 2.60. The van der Waals surface area contributed by atoms with Gasteiger partial charge in [-0.2, -0.15) is 0 Å². The monoisotopic (exact) mass is 494 g/mol. The van der Waals surface area contributed by atoms with Crippen molar-refractivity contribution in [3.8, 4) is 5.75 Å². The number of carbonyl (C=O) groups excluding carboxylic acids is 2. The van der Waals surface area contributed by atoms with E-state index >= 15 is 0 Å². The minimum absolute atomic E-state index is 0.124. The van der Waals surface area contributed by atoms with E-state index in [9.17, 15) is 9.59 Å². The fraction of sp³-hybridized carbons (Fsp3) is 0.364. The third-order valence-corrected chi connectivity index (χ3v) is 4.76. The molecule has 0 aliphatic carbocycles. The Kier molecular flexibility index (Phi) is 7.86. The number of halogens is 1. The van der Waals surface area contributed by atoms with Crippen molar-refractivity contribution in [1.29, 1.82) is 0 Å². The summed E-state index contributed by atoms with van der Waals surface area (Å²) in [5.74, 6) is 0.199. The van der Waals surface area contributed by atoms with Gasteiger partial charge in [-0.1, -0.05) is 30.3 Å². The molecule has 0 bridgehead atoms. The van der Waals surface area contributed by atoms with Gasteiger partial charge in [0.05, 0.1) is 0 Å². The SMILES string of the molecule is C[C@H](C(=O)NC(C)(C)C)N(Cc1ccccc1)C(=O)COc1ccc(I)cc1. The zero-order valence-corrected chi connectivity index (χ0v) is 18.9. The molecular weight excluding hydrogens is 467 g/mol. The number of hydrogen-bond donors (Lipinski definition) is 1. The summed E-state index contributed by atoms with van der Waals surface area (Å²) in [5, 5.41) is 2.95. The molecule has 0 aromatic heterocycles. The van der Waals surface area contributed by atoms with Crippen LogP contribution in [-0.2, 0) is 16.1 Å². The summed E-state index contributed by atoms with van der Waals surface area (Å²) in [6.07, 6.45) is 0. The van der Waals surface area contributed by atoms with Crippen LogP contribution in [0.4, 0.5) is 0 Å². The number of rotatable bonds is 7. The van der Waals surface area contributed by atoms with E-state index in [-0.39, 0.29) is 24.0 Å². The highest BCUT2D eigenvalue weighted by Crippen LogP contribution is 2.15. The number of nitrogens with one attached hydrogen (secondary N) is 1. The molecule has 2 rings (SSSR count). The van der Waals surface area contributed by atoms with E-state index in [0.717, 1.165) is 9.13 Å². The molecule has 5 nitrogen and oxygen atoms in total. The first-order valence-corrected chi connectivity index (χ1v) is 10.3. The van der Waals surface area contributed by atoms with Crippen LogP contribution in [0.25, 0.3) is 0 Å². The average Bonchev–Trinajstić information content (AvgIpc) is 2.64. The van der Waals surface area contributed by atoms with Gasteiger partial charge in [0.15, 0.2) is 6.61 Å². The summed E-state index contributed by atoms with van der Waals surface area (Å²) in [7, 11) is 0. The Hall–Kier alpha value is -2.09. The van der Waals surface area contributed by atoms with E-state index in [1.54, 1.807) is 11.8 Å². The second-order valence-electron chi connectivity index (χ2n) is 7.67. The molecular formula is C22H27IN2O3. The lowest BCUT2D eigenvalue weighted by atomic mass is 10.1. The highest BCUT2D eigenvalue weighted by molar-refractivity contribution is 14.1. The van der Waals surface area contributed by atoms with Crippen molar-refractivity contribution in [2.24, 2.45) is 0 Å². The van der Waals surface area contributed by atoms with Gasteiger partial charge in [0.2, 0.25) is 5.91 Å². The van der Waals surface area contributed by atoms with Crippen LogP contribution in [0.3, 0.4) is 0 Å². The second kappa shape index (κ2) is 9.91. The molecule has 0 spiro atoms. The molecule has 0 aliphatic heterocycles. The van der Waals surface area contributed by atoms with Crippen molar-refractivity contribution in [2.75, 3.05) is 6.61 Å². The van der Waals surface area contributed by atoms with Crippen LogP contribution in [0.5, 0.6) is 5.75 Å². The summed E-state index contributed by atoms with van der Waals surface area (Å²) >= 11 is 2.21. The van der Waals surface area contributed by atoms with Crippen LogP contribution < -0.4 is 10.1 Å². The van der Waals surface area contributed by atoms with Gasteiger partial charge in [-0.3, -0.25) is 9.59 Å². The summed E-state index contributed by atoms with van der Waals surface area (Å²) in [4.78, 5) is 27.1. The van der Waals surface area contributed by atoms with Gasteiger partial charge in [-0.15, -0.1) is 0 Å². The molecule has 1 N–H and O–H groups in total. The molecule has 0 unspecified atom stereocenters. The number of benzene rings is 2. The topological polar surface area (TPSA) is 58.6 Å². The quantitative estimate of drug-likeness (QED) is 0.593. The summed E-state index contributed by atoms with van der Waals surface area (Å²) in [6.45, 7) is 7.71. The maximum atomic E-state index is 12.9. The van der Waals surface area contributed by atoms with E-state index in [2.05, 4.69) is 27.9 Å². The van der Waals surface area contributed by atoms with Crippen molar-refractivity contribution in [3.05, 3.63) is 63.7 Å². The van der Waals surface area contributed by atoms with Gasteiger partial charge >= 0.3 is 0 Å². The van der Waals surface area contributed by atoms with E-state index in [1.165, 1.54) is 0 Å². The van der Waals surface area contributed by atoms with Gasteiger partial charge in [-0.25, -0.2) is 0 Å². The van der Waals surface area contributed by atoms with Crippen molar-refractivity contribution in [1.82, 2.24) is 10.2 Å². The van der Waals surface area contributed by atoms with Gasteiger partial charge in [0.25, 0.3) is 5.91 Å². The smallest absolute Gasteiger partial charge is 0.261 e. The summed E-state index contributed by atoms with van der Waals surface area (Å²) in [5.41, 5.74) is 0.588. The molecule has 0 saturated heterocycles. The molecule has 2 aromatic rings. The van der Waals surface area contributed by atoms with Crippen molar-refractivity contribution in [3.63, 3.8) is 0 Å². The average molecular weight is 494 g/mol. The summed E-state index contributed by atoms with van der Waals surface area (Å²) in [6, 6.07) is 16.5. The van der Waals surface area contributed by atoms with E-state index in [0.29, 0.717) is 12.3 Å². The Morgan fingerprint density at radius 1 is 1.07 bits per heavy atom. The Bertz CT molecular complexity index is 786. The zero-order chi connectivity index (χ0) is 20.7. The number of carbonyl (C=O) groups is 2.